The van der Waals surface area contributed by atoms with Gasteiger partial charge in [-0.1, -0.05) is 11.6 Å². The second-order valence-corrected chi connectivity index (χ2v) is 4.98. The first kappa shape index (κ1) is 11.5. The molecule has 1 saturated carbocycles. The van der Waals surface area contributed by atoms with Gasteiger partial charge in [-0.15, -0.1) is 0 Å². The second kappa shape index (κ2) is 3.99. The number of hydrogen-bond donors (Lipinski definition) is 0. The zero-order chi connectivity index (χ0) is 12.8. The maximum Gasteiger partial charge on any atom is 0.349 e. The molecule has 3 rings (SSSR count). The number of halogens is 1. The number of esters is 1. The molecule has 1 aromatic carbocycles. The lowest BCUT2D eigenvalue weighted by atomic mass is 10.1. The molecule has 5 heteroatoms. The highest BCUT2D eigenvalue weighted by molar-refractivity contribution is 6.30. The summed E-state index contributed by atoms with van der Waals surface area (Å²) in [4.78, 5) is 16.2. The van der Waals surface area contributed by atoms with E-state index < -0.39 is 6.10 Å². The third kappa shape index (κ3) is 1.77. The summed E-state index contributed by atoms with van der Waals surface area (Å²) in [6, 6.07) is 7.20. The molecule has 1 unspecified atom stereocenters. The van der Waals surface area contributed by atoms with Gasteiger partial charge in [0.2, 0.25) is 12.0 Å². The summed E-state index contributed by atoms with van der Waals surface area (Å²) in [5, 5.41) is 0.656. The van der Waals surface area contributed by atoms with Crippen molar-refractivity contribution in [1.82, 2.24) is 0 Å². The SMILES string of the molecule is COC(=O)C1OC(c2ccc(Cl)cc2)=NC12CC2. The number of benzene rings is 1. The first-order chi connectivity index (χ1) is 8.64. The lowest BCUT2D eigenvalue weighted by Gasteiger charge is -2.13. The van der Waals surface area contributed by atoms with Gasteiger partial charge < -0.3 is 9.47 Å². The fourth-order valence-electron chi connectivity index (χ4n) is 2.11. The van der Waals surface area contributed by atoms with Crippen molar-refractivity contribution in [2.45, 2.75) is 24.5 Å². The third-order valence-corrected chi connectivity index (χ3v) is 3.56. The Bertz CT molecular complexity index is 520. The van der Waals surface area contributed by atoms with Gasteiger partial charge in [-0.25, -0.2) is 9.79 Å². The van der Waals surface area contributed by atoms with E-state index in [0.717, 1.165) is 18.4 Å². The van der Waals surface area contributed by atoms with E-state index in [-0.39, 0.29) is 11.5 Å². The van der Waals surface area contributed by atoms with Crippen LogP contribution in [-0.4, -0.2) is 30.6 Å². The lowest BCUT2D eigenvalue weighted by Crippen LogP contribution is -2.34. The van der Waals surface area contributed by atoms with Gasteiger partial charge in [-0.3, -0.25) is 0 Å². The monoisotopic (exact) mass is 265 g/mol. The molecular weight excluding hydrogens is 254 g/mol. The Kier molecular flexibility index (Phi) is 2.55. The highest BCUT2D eigenvalue weighted by Crippen LogP contribution is 2.48. The van der Waals surface area contributed by atoms with Crippen molar-refractivity contribution in [2.24, 2.45) is 4.99 Å². The molecule has 1 spiro atoms. The van der Waals surface area contributed by atoms with Crippen molar-refractivity contribution in [2.75, 3.05) is 7.11 Å². The van der Waals surface area contributed by atoms with Crippen molar-refractivity contribution in [3.8, 4) is 0 Å². The number of carbonyl (C=O) groups is 1. The molecule has 0 amide bonds. The van der Waals surface area contributed by atoms with Crippen LogP contribution < -0.4 is 0 Å². The summed E-state index contributed by atoms with van der Waals surface area (Å²) in [6.07, 6.45) is 1.13. The molecule has 1 aliphatic heterocycles. The fourth-order valence-corrected chi connectivity index (χ4v) is 2.24. The minimum absolute atomic E-state index is 0.361. The Balaban J connectivity index is 1.88. The molecule has 1 aliphatic carbocycles. The van der Waals surface area contributed by atoms with Crippen molar-refractivity contribution in [1.29, 1.82) is 0 Å². The number of nitrogens with zero attached hydrogens (tertiary/aromatic N) is 1. The van der Waals surface area contributed by atoms with E-state index >= 15 is 0 Å². The van der Waals surface area contributed by atoms with Crippen molar-refractivity contribution in [3.05, 3.63) is 34.9 Å². The van der Waals surface area contributed by atoms with Gasteiger partial charge in [0, 0.05) is 10.6 Å². The molecular formula is C13H12ClNO3. The lowest BCUT2D eigenvalue weighted by molar-refractivity contribution is -0.149. The largest absolute Gasteiger partial charge is 0.466 e. The molecule has 0 aromatic heterocycles. The first-order valence-electron chi connectivity index (χ1n) is 5.75. The molecule has 4 nitrogen and oxygen atoms in total. The van der Waals surface area contributed by atoms with Crippen molar-refractivity contribution in [3.63, 3.8) is 0 Å². The number of hydrogen-bond acceptors (Lipinski definition) is 4. The van der Waals surface area contributed by atoms with E-state index in [1.807, 2.05) is 12.1 Å². The van der Waals surface area contributed by atoms with Gasteiger partial charge in [-0.05, 0) is 37.1 Å². The van der Waals surface area contributed by atoms with E-state index in [0.29, 0.717) is 10.9 Å². The molecule has 0 radical (unpaired) electrons. The Hall–Kier alpha value is -1.55. The van der Waals surface area contributed by atoms with E-state index in [1.54, 1.807) is 12.1 Å². The van der Waals surface area contributed by atoms with Crippen LogP contribution in [0.25, 0.3) is 0 Å². The first-order valence-corrected chi connectivity index (χ1v) is 6.13. The van der Waals surface area contributed by atoms with Crippen molar-refractivity contribution >= 4 is 23.5 Å². The quantitative estimate of drug-likeness (QED) is 0.770. The van der Waals surface area contributed by atoms with E-state index in [2.05, 4.69) is 4.99 Å². The molecule has 1 fully saturated rings. The molecule has 0 N–H and O–H groups in total. The number of carbonyl (C=O) groups excluding carboxylic acids is 1. The zero-order valence-corrected chi connectivity index (χ0v) is 10.6. The predicted octanol–water partition coefficient (Wildman–Crippen LogP) is 2.19. The predicted molar refractivity (Wildman–Crippen MR) is 66.8 cm³/mol. The van der Waals surface area contributed by atoms with Crippen LogP contribution in [0.4, 0.5) is 0 Å². The Morgan fingerprint density at radius 1 is 1.44 bits per heavy atom. The molecule has 1 aromatic rings. The van der Waals surface area contributed by atoms with Crippen LogP contribution in [0.2, 0.25) is 5.02 Å². The van der Waals surface area contributed by atoms with Crippen LogP contribution in [0.1, 0.15) is 18.4 Å². The summed E-state index contributed by atoms with van der Waals surface area (Å²) in [5.74, 6) is 0.139. The molecule has 94 valence electrons. The molecule has 1 atom stereocenters. The number of rotatable bonds is 2. The summed E-state index contributed by atoms with van der Waals surface area (Å²) >= 11 is 5.83. The number of ether oxygens (including phenoxy) is 2. The minimum atomic E-state index is -0.604. The summed E-state index contributed by atoms with van der Waals surface area (Å²) in [5.41, 5.74) is 0.444. The van der Waals surface area contributed by atoms with Crippen molar-refractivity contribution < 1.29 is 14.3 Å². The highest BCUT2D eigenvalue weighted by atomic mass is 35.5. The standard InChI is InChI=1S/C13H12ClNO3/c1-17-12(16)10-13(6-7-13)15-11(18-10)8-2-4-9(14)5-3-8/h2-5,10H,6-7H2,1H3. The summed E-state index contributed by atoms with van der Waals surface area (Å²) in [6.45, 7) is 0. The van der Waals surface area contributed by atoms with Gasteiger partial charge in [0.1, 0.15) is 5.54 Å². The Morgan fingerprint density at radius 2 is 2.11 bits per heavy atom. The molecule has 0 bridgehead atoms. The van der Waals surface area contributed by atoms with E-state index in [4.69, 9.17) is 21.1 Å². The second-order valence-electron chi connectivity index (χ2n) is 4.55. The van der Waals surface area contributed by atoms with Crippen LogP contribution in [0.3, 0.4) is 0 Å². The van der Waals surface area contributed by atoms with Crippen LogP contribution in [0, 0.1) is 0 Å². The maximum atomic E-state index is 11.7. The average Bonchev–Trinajstić information content (AvgIpc) is 3.03. The van der Waals surface area contributed by atoms with Crippen LogP contribution in [0.15, 0.2) is 29.3 Å². The fraction of sp³-hybridized carbons (Fsp3) is 0.385. The van der Waals surface area contributed by atoms with Crippen LogP contribution >= 0.6 is 11.6 Å². The average molecular weight is 266 g/mol. The van der Waals surface area contributed by atoms with Gasteiger partial charge >= 0.3 is 5.97 Å². The minimum Gasteiger partial charge on any atom is -0.466 e. The highest BCUT2D eigenvalue weighted by Gasteiger charge is 2.59. The van der Waals surface area contributed by atoms with Crippen LogP contribution in [0.5, 0.6) is 0 Å². The number of methoxy groups -OCH3 is 1. The normalized spacial score (nSPS) is 23.4. The molecule has 2 aliphatic rings. The Labute approximate surface area is 110 Å². The Morgan fingerprint density at radius 3 is 2.67 bits per heavy atom. The molecule has 0 saturated heterocycles. The summed E-state index contributed by atoms with van der Waals surface area (Å²) in [7, 11) is 1.36. The van der Waals surface area contributed by atoms with E-state index in [1.165, 1.54) is 7.11 Å². The van der Waals surface area contributed by atoms with Gasteiger partial charge in [-0.2, -0.15) is 0 Å². The molecule has 1 heterocycles. The smallest absolute Gasteiger partial charge is 0.349 e. The van der Waals surface area contributed by atoms with Gasteiger partial charge in [0.15, 0.2) is 0 Å². The maximum absolute atomic E-state index is 11.7. The molecule has 18 heavy (non-hydrogen) atoms. The van der Waals surface area contributed by atoms with Gasteiger partial charge in [0.25, 0.3) is 0 Å². The zero-order valence-electron chi connectivity index (χ0n) is 9.85. The van der Waals surface area contributed by atoms with Gasteiger partial charge in [0.05, 0.1) is 7.11 Å². The van der Waals surface area contributed by atoms with E-state index in [9.17, 15) is 4.79 Å². The topological polar surface area (TPSA) is 47.9 Å². The van der Waals surface area contributed by atoms with Crippen LogP contribution in [-0.2, 0) is 14.3 Å². The summed E-state index contributed by atoms with van der Waals surface area (Å²) < 4.78 is 10.4. The third-order valence-electron chi connectivity index (χ3n) is 3.31. The number of aliphatic imine (C=N–C) groups is 1.